The van der Waals surface area contributed by atoms with Crippen molar-refractivity contribution in [1.29, 1.82) is 0 Å². The first-order valence-corrected chi connectivity index (χ1v) is 4.74. The van der Waals surface area contributed by atoms with Crippen molar-refractivity contribution in [2.24, 2.45) is 0 Å². The molecule has 0 radical (unpaired) electrons. The highest BCUT2D eigenvalue weighted by atomic mass is 16.5. The van der Waals surface area contributed by atoms with E-state index >= 15 is 0 Å². The smallest absolute Gasteiger partial charge is 0.344 e. The molecule has 1 aromatic rings. The molecule has 0 saturated heterocycles. The summed E-state index contributed by atoms with van der Waals surface area (Å²) in [7, 11) is 0. The van der Waals surface area contributed by atoms with Crippen molar-refractivity contribution in [3.63, 3.8) is 0 Å². The zero-order valence-electron chi connectivity index (χ0n) is 8.68. The van der Waals surface area contributed by atoms with Crippen molar-refractivity contribution in [2.75, 3.05) is 6.61 Å². The van der Waals surface area contributed by atoms with Gasteiger partial charge in [0.2, 0.25) is 0 Å². The van der Waals surface area contributed by atoms with Gasteiger partial charge in [-0.25, -0.2) is 9.59 Å². The molecule has 0 fully saturated rings. The Hall–Kier alpha value is -2.10. The molecule has 0 aliphatic heterocycles. The lowest BCUT2D eigenvalue weighted by Gasteiger charge is -2.04. The van der Waals surface area contributed by atoms with Crippen molar-refractivity contribution >= 4 is 11.9 Å². The number of hydrogen-bond acceptors (Lipinski definition) is 3. The number of hydrogen-bond donors (Lipinski definition) is 1. The Morgan fingerprint density at radius 2 is 1.88 bits per heavy atom. The SMILES string of the molecule is C=C(C(=O)O)C(=O)OCCc1ccccc1. The molecule has 0 aliphatic carbocycles. The number of aliphatic carboxylic acids is 1. The summed E-state index contributed by atoms with van der Waals surface area (Å²) in [6.07, 6.45) is 0.555. The normalized spacial score (nSPS) is 9.50. The lowest BCUT2D eigenvalue weighted by atomic mass is 10.2. The second kappa shape index (κ2) is 5.70. The van der Waals surface area contributed by atoms with Gasteiger partial charge in [-0.2, -0.15) is 0 Å². The molecule has 1 aromatic carbocycles. The average Bonchev–Trinajstić information content (AvgIpc) is 2.29. The second-order valence-electron chi connectivity index (χ2n) is 3.16. The monoisotopic (exact) mass is 220 g/mol. The van der Waals surface area contributed by atoms with E-state index in [1.54, 1.807) is 0 Å². The van der Waals surface area contributed by atoms with Crippen LogP contribution in [0.5, 0.6) is 0 Å². The van der Waals surface area contributed by atoms with Crippen LogP contribution in [0.15, 0.2) is 42.5 Å². The summed E-state index contributed by atoms with van der Waals surface area (Å²) in [5, 5.41) is 8.47. The molecule has 0 spiro atoms. The van der Waals surface area contributed by atoms with Crippen molar-refractivity contribution in [3.05, 3.63) is 48.0 Å². The van der Waals surface area contributed by atoms with E-state index in [1.807, 2.05) is 30.3 Å². The highest BCUT2D eigenvalue weighted by Crippen LogP contribution is 2.01. The fraction of sp³-hybridized carbons (Fsp3) is 0.167. The van der Waals surface area contributed by atoms with Gasteiger partial charge in [-0.15, -0.1) is 0 Å². The summed E-state index contributed by atoms with van der Waals surface area (Å²) in [4.78, 5) is 21.4. The predicted molar refractivity (Wildman–Crippen MR) is 57.9 cm³/mol. The Bertz CT molecular complexity index is 395. The number of ether oxygens (including phenoxy) is 1. The maximum Gasteiger partial charge on any atom is 0.344 e. The largest absolute Gasteiger partial charge is 0.477 e. The summed E-state index contributed by atoms with van der Waals surface area (Å²) in [5.41, 5.74) is 0.476. The third-order valence-corrected chi connectivity index (χ3v) is 1.97. The minimum absolute atomic E-state index is 0.148. The molecule has 4 heteroatoms. The molecular formula is C12H12O4. The lowest BCUT2D eigenvalue weighted by molar-refractivity contribution is -0.144. The first-order valence-electron chi connectivity index (χ1n) is 4.74. The minimum atomic E-state index is -1.36. The van der Waals surface area contributed by atoms with Crippen LogP contribution in [0.25, 0.3) is 0 Å². The molecule has 0 aliphatic rings. The minimum Gasteiger partial charge on any atom is -0.477 e. The summed E-state index contributed by atoms with van der Waals surface area (Å²) in [5.74, 6) is -2.24. The summed E-state index contributed by atoms with van der Waals surface area (Å²) in [6, 6.07) is 9.46. The van der Waals surface area contributed by atoms with Gasteiger partial charge in [0.1, 0.15) is 5.57 Å². The van der Waals surface area contributed by atoms with E-state index in [0.29, 0.717) is 6.42 Å². The first-order chi connectivity index (χ1) is 7.61. The zero-order chi connectivity index (χ0) is 12.0. The summed E-state index contributed by atoms with van der Waals surface area (Å²) in [6.45, 7) is 3.25. The quantitative estimate of drug-likeness (QED) is 0.353. The molecular weight excluding hydrogens is 208 g/mol. The van der Waals surface area contributed by atoms with E-state index in [9.17, 15) is 9.59 Å². The molecule has 1 N–H and O–H groups in total. The third kappa shape index (κ3) is 3.57. The first kappa shape index (κ1) is 12.0. The Kier molecular flexibility index (Phi) is 4.27. The number of carboxylic acid groups (broad SMARTS) is 1. The molecule has 84 valence electrons. The van der Waals surface area contributed by atoms with Crippen LogP contribution in [-0.4, -0.2) is 23.7 Å². The number of carbonyl (C=O) groups excluding carboxylic acids is 1. The average molecular weight is 220 g/mol. The zero-order valence-corrected chi connectivity index (χ0v) is 8.68. The van der Waals surface area contributed by atoms with E-state index in [0.717, 1.165) is 5.56 Å². The second-order valence-corrected chi connectivity index (χ2v) is 3.16. The Balaban J connectivity index is 2.34. The maximum absolute atomic E-state index is 11.1. The molecule has 0 bridgehead atoms. The predicted octanol–water partition coefficient (Wildman–Crippen LogP) is 1.41. The summed E-state index contributed by atoms with van der Waals surface area (Å²) >= 11 is 0. The van der Waals surface area contributed by atoms with Gasteiger partial charge >= 0.3 is 11.9 Å². The third-order valence-electron chi connectivity index (χ3n) is 1.97. The highest BCUT2D eigenvalue weighted by Gasteiger charge is 2.15. The Labute approximate surface area is 93.2 Å². The summed E-state index contributed by atoms with van der Waals surface area (Å²) < 4.78 is 4.75. The molecule has 0 atom stereocenters. The topological polar surface area (TPSA) is 63.6 Å². The molecule has 16 heavy (non-hydrogen) atoms. The molecule has 0 unspecified atom stereocenters. The number of carboxylic acids is 1. The van der Waals surface area contributed by atoms with Crippen LogP contribution < -0.4 is 0 Å². The van der Waals surface area contributed by atoms with E-state index in [-0.39, 0.29) is 6.61 Å². The highest BCUT2D eigenvalue weighted by molar-refractivity contribution is 6.12. The van der Waals surface area contributed by atoms with Crippen LogP contribution in [0, 0.1) is 0 Å². The van der Waals surface area contributed by atoms with Crippen LogP contribution in [0.3, 0.4) is 0 Å². The van der Waals surface area contributed by atoms with Gasteiger partial charge in [-0.05, 0) is 5.56 Å². The molecule has 4 nitrogen and oxygen atoms in total. The molecule has 1 rings (SSSR count). The Morgan fingerprint density at radius 1 is 1.25 bits per heavy atom. The lowest BCUT2D eigenvalue weighted by Crippen LogP contribution is -2.15. The van der Waals surface area contributed by atoms with Crippen LogP contribution in [-0.2, 0) is 20.7 Å². The van der Waals surface area contributed by atoms with Gasteiger partial charge in [-0.3, -0.25) is 0 Å². The molecule has 0 saturated carbocycles. The standard InChI is InChI=1S/C12H12O4/c1-9(11(13)14)12(15)16-8-7-10-5-3-2-4-6-10/h2-6H,1,7-8H2,(H,13,14). The number of rotatable bonds is 5. The van der Waals surface area contributed by atoms with Crippen molar-refractivity contribution < 1.29 is 19.4 Å². The van der Waals surface area contributed by atoms with E-state index in [4.69, 9.17) is 9.84 Å². The Morgan fingerprint density at radius 3 is 2.44 bits per heavy atom. The van der Waals surface area contributed by atoms with Gasteiger partial charge in [-0.1, -0.05) is 36.9 Å². The van der Waals surface area contributed by atoms with Gasteiger partial charge in [0, 0.05) is 6.42 Å². The van der Waals surface area contributed by atoms with Gasteiger partial charge in [0.05, 0.1) is 6.61 Å². The molecule has 0 amide bonds. The number of esters is 1. The van der Waals surface area contributed by atoms with Crippen LogP contribution in [0.2, 0.25) is 0 Å². The van der Waals surface area contributed by atoms with Crippen LogP contribution in [0.1, 0.15) is 5.56 Å². The number of carbonyl (C=O) groups is 2. The van der Waals surface area contributed by atoms with E-state index in [1.165, 1.54) is 0 Å². The van der Waals surface area contributed by atoms with E-state index < -0.39 is 17.5 Å². The van der Waals surface area contributed by atoms with Crippen LogP contribution in [0.4, 0.5) is 0 Å². The number of benzene rings is 1. The van der Waals surface area contributed by atoms with E-state index in [2.05, 4.69) is 6.58 Å². The molecule has 0 heterocycles. The van der Waals surface area contributed by atoms with Crippen molar-refractivity contribution in [2.45, 2.75) is 6.42 Å². The fourth-order valence-corrected chi connectivity index (χ4v) is 1.08. The molecule has 0 aromatic heterocycles. The van der Waals surface area contributed by atoms with Gasteiger partial charge in [0.25, 0.3) is 0 Å². The van der Waals surface area contributed by atoms with Crippen molar-refractivity contribution in [3.8, 4) is 0 Å². The van der Waals surface area contributed by atoms with Crippen LogP contribution >= 0.6 is 0 Å². The fourth-order valence-electron chi connectivity index (χ4n) is 1.08. The maximum atomic E-state index is 11.1. The van der Waals surface area contributed by atoms with Crippen molar-refractivity contribution in [1.82, 2.24) is 0 Å². The van der Waals surface area contributed by atoms with Gasteiger partial charge < -0.3 is 9.84 Å². The van der Waals surface area contributed by atoms with Gasteiger partial charge in [0.15, 0.2) is 0 Å².